The Morgan fingerprint density at radius 3 is 2.81 bits per heavy atom. The van der Waals surface area contributed by atoms with E-state index in [0.717, 1.165) is 52.5 Å². The number of nitrogens with one attached hydrogen (secondary N) is 1. The van der Waals surface area contributed by atoms with Crippen molar-refractivity contribution in [2.75, 3.05) is 23.4 Å². The highest BCUT2D eigenvalue weighted by molar-refractivity contribution is 5.63. The molecule has 0 radical (unpaired) electrons. The molecule has 3 aromatic rings. The Morgan fingerprint density at radius 1 is 1.19 bits per heavy atom. The van der Waals surface area contributed by atoms with E-state index in [2.05, 4.69) is 31.2 Å². The van der Waals surface area contributed by atoms with Gasteiger partial charge in [0.05, 0.1) is 23.0 Å². The van der Waals surface area contributed by atoms with Gasteiger partial charge in [-0.25, -0.2) is 9.97 Å². The fourth-order valence-corrected chi connectivity index (χ4v) is 3.99. The van der Waals surface area contributed by atoms with E-state index < -0.39 is 0 Å². The summed E-state index contributed by atoms with van der Waals surface area (Å²) >= 11 is 0. The summed E-state index contributed by atoms with van der Waals surface area (Å²) in [6.45, 7) is 5.42. The van der Waals surface area contributed by atoms with Gasteiger partial charge in [-0.05, 0) is 49.6 Å². The lowest BCUT2D eigenvalue weighted by Gasteiger charge is -2.32. The van der Waals surface area contributed by atoms with Gasteiger partial charge in [0.15, 0.2) is 0 Å². The summed E-state index contributed by atoms with van der Waals surface area (Å²) in [6, 6.07) is 12.2. The number of pyridine rings is 1. The quantitative estimate of drug-likeness (QED) is 0.637. The molecule has 1 aliphatic heterocycles. The van der Waals surface area contributed by atoms with Crippen LogP contribution in [0, 0.1) is 25.2 Å². The first-order valence-electron chi connectivity index (χ1n) is 10.5. The number of aliphatic hydroxyl groups is 1. The molecule has 2 N–H and O–H groups in total. The van der Waals surface area contributed by atoms with Crippen LogP contribution in [0.15, 0.2) is 42.9 Å². The number of nitrogens with zero attached hydrogens (tertiary/aromatic N) is 5. The lowest BCUT2D eigenvalue weighted by atomic mass is 10.0. The Balaban J connectivity index is 1.64. The molecular weight excluding hydrogens is 388 g/mol. The van der Waals surface area contributed by atoms with Crippen molar-refractivity contribution in [3.8, 4) is 6.07 Å². The van der Waals surface area contributed by atoms with Gasteiger partial charge in [-0.3, -0.25) is 4.98 Å². The highest BCUT2D eigenvalue weighted by Gasteiger charge is 2.24. The van der Waals surface area contributed by atoms with E-state index in [1.807, 2.05) is 50.4 Å². The summed E-state index contributed by atoms with van der Waals surface area (Å²) in [7, 11) is 0. The molecule has 1 aliphatic rings. The molecule has 0 amide bonds. The molecule has 0 saturated carbocycles. The molecule has 31 heavy (non-hydrogen) atoms. The van der Waals surface area contributed by atoms with Crippen molar-refractivity contribution in [2.45, 2.75) is 39.3 Å². The third-order valence-corrected chi connectivity index (χ3v) is 5.68. The van der Waals surface area contributed by atoms with Gasteiger partial charge in [0.25, 0.3) is 0 Å². The van der Waals surface area contributed by atoms with E-state index in [9.17, 15) is 10.4 Å². The van der Waals surface area contributed by atoms with Gasteiger partial charge in [0.1, 0.15) is 18.2 Å². The molecule has 158 valence electrons. The third kappa shape index (κ3) is 4.49. The zero-order valence-corrected chi connectivity index (χ0v) is 17.8. The normalized spacial score (nSPS) is 13.9. The first-order valence-corrected chi connectivity index (χ1v) is 10.5. The van der Waals surface area contributed by atoms with Crippen LogP contribution in [-0.2, 0) is 13.0 Å². The van der Waals surface area contributed by atoms with E-state index in [4.69, 9.17) is 0 Å². The number of aliphatic hydroxyl groups excluding tert-OH is 1. The van der Waals surface area contributed by atoms with Crippen LogP contribution in [0.1, 0.15) is 46.1 Å². The molecule has 1 atom stereocenters. The maximum absolute atomic E-state index is 9.61. The van der Waals surface area contributed by atoms with Crippen LogP contribution >= 0.6 is 0 Å². The van der Waals surface area contributed by atoms with Crippen molar-refractivity contribution < 1.29 is 5.11 Å². The summed E-state index contributed by atoms with van der Waals surface area (Å²) in [6.07, 6.45) is 4.76. The second-order valence-corrected chi connectivity index (χ2v) is 7.89. The van der Waals surface area contributed by atoms with Crippen molar-refractivity contribution in [1.82, 2.24) is 15.0 Å². The molecule has 4 rings (SSSR count). The van der Waals surface area contributed by atoms with Crippen molar-refractivity contribution in [2.24, 2.45) is 0 Å². The van der Waals surface area contributed by atoms with Gasteiger partial charge >= 0.3 is 0 Å². The molecule has 0 saturated heterocycles. The minimum atomic E-state index is -0.110. The lowest BCUT2D eigenvalue weighted by molar-refractivity contribution is 0.280. The van der Waals surface area contributed by atoms with Crippen LogP contribution in [0.2, 0.25) is 0 Å². The first-order chi connectivity index (χ1) is 15.1. The van der Waals surface area contributed by atoms with Gasteiger partial charge in [0, 0.05) is 43.6 Å². The Bertz CT molecular complexity index is 1110. The van der Waals surface area contributed by atoms with Crippen molar-refractivity contribution in [3.05, 3.63) is 76.5 Å². The second-order valence-electron chi connectivity index (χ2n) is 7.89. The zero-order valence-electron chi connectivity index (χ0n) is 17.8. The van der Waals surface area contributed by atoms with Crippen molar-refractivity contribution >= 4 is 11.5 Å². The monoisotopic (exact) mass is 414 g/mol. The lowest BCUT2D eigenvalue weighted by Crippen LogP contribution is -2.32. The standard InChI is InChI=1S/C24H26N6O/c1-16-3-6-23(19(11-16)12-25)30-9-7-22-20(14-30)24(28-15-27-22)29-21(8-10-31)18-5-4-17(2)26-13-18/h3-6,11,13,15,21,31H,7-10,14H2,1-2H3,(H,27,28,29)/t21-/m1/s1. The Morgan fingerprint density at radius 2 is 2.06 bits per heavy atom. The second kappa shape index (κ2) is 9.11. The molecule has 0 unspecified atom stereocenters. The topological polar surface area (TPSA) is 98.0 Å². The molecule has 7 heteroatoms. The highest BCUT2D eigenvalue weighted by atomic mass is 16.3. The maximum atomic E-state index is 9.61. The van der Waals surface area contributed by atoms with Gasteiger partial charge in [-0.2, -0.15) is 5.26 Å². The summed E-state index contributed by atoms with van der Waals surface area (Å²) in [5.74, 6) is 0.763. The summed E-state index contributed by atoms with van der Waals surface area (Å²) < 4.78 is 0. The summed E-state index contributed by atoms with van der Waals surface area (Å²) in [5.41, 5.74) is 6.69. The van der Waals surface area contributed by atoms with Crippen LogP contribution in [-0.4, -0.2) is 33.2 Å². The van der Waals surface area contributed by atoms with E-state index in [0.29, 0.717) is 18.5 Å². The molecular formula is C24H26N6O. The fourth-order valence-electron chi connectivity index (χ4n) is 3.99. The van der Waals surface area contributed by atoms with Crippen LogP contribution in [0.25, 0.3) is 0 Å². The third-order valence-electron chi connectivity index (χ3n) is 5.68. The van der Waals surface area contributed by atoms with E-state index in [1.165, 1.54) is 0 Å². The summed E-state index contributed by atoms with van der Waals surface area (Å²) in [4.78, 5) is 15.6. The Hall–Kier alpha value is -3.50. The number of hydrogen-bond acceptors (Lipinski definition) is 7. The SMILES string of the molecule is Cc1ccc(N2CCc3ncnc(N[C@H](CCO)c4ccc(C)nc4)c3C2)c(C#N)c1. The molecule has 0 fully saturated rings. The van der Waals surface area contributed by atoms with E-state index in [1.54, 1.807) is 6.33 Å². The highest BCUT2D eigenvalue weighted by Crippen LogP contribution is 2.31. The number of aryl methyl sites for hydroxylation is 2. The molecule has 7 nitrogen and oxygen atoms in total. The van der Waals surface area contributed by atoms with Gasteiger partial charge in [0.2, 0.25) is 0 Å². The Labute approximate surface area is 182 Å². The maximum Gasteiger partial charge on any atom is 0.135 e. The average molecular weight is 415 g/mol. The van der Waals surface area contributed by atoms with Crippen LogP contribution in [0.4, 0.5) is 11.5 Å². The van der Waals surface area contributed by atoms with Crippen LogP contribution in [0.3, 0.4) is 0 Å². The number of benzene rings is 1. The van der Waals surface area contributed by atoms with Gasteiger partial charge < -0.3 is 15.3 Å². The average Bonchev–Trinajstić information content (AvgIpc) is 2.79. The van der Waals surface area contributed by atoms with Gasteiger partial charge in [-0.15, -0.1) is 0 Å². The largest absolute Gasteiger partial charge is 0.396 e. The molecule has 3 heterocycles. The van der Waals surface area contributed by atoms with Crippen LogP contribution in [0.5, 0.6) is 0 Å². The fraction of sp³-hybridized carbons (Fsp3) is 0.333. The minimum absolute atomic E-state index is 0.0554. The predicted molar refractivity (Wildman–Crippen MR) is 120 cm³/mol. The predicted octanol–water partition coefficient (Wildman–Crippen LogP) is 3.46. The van der Waals surface area contributed by atoms with E-state index in [-0.39, 0.29) is 12.6 Å². The van der Waals surface area contributed by atoms with Crippen LogP contribution < -0.4 is 10.2 Å². The van der Waals surface area contributed by atoms with Crippen molar-refractivity contribution in [3.63, 3.8) is 0 Å². The number of anilines is 2. The number of fused-ring (bicyclic) bond motifs is 1. The first kappa shape index (κ1) is 20.8. The van der Waals surface area contributed by atoms with E-state index >= 15 is 0 Å². The number of hydrogen-bond donors (Lipinski definition) is 2. The van der Waals surface area contributed by atoms with Gasteiger partial charge in [-0.1, -0.05) is 12.1 Å². The number of rotatable bonds is 6. The molecule has 0 spiro atoms. The van der Waals surface area contributed by atoms with Crippen molar-refractivity contribution in [1.29, 1.82) is 5.26 Å². The molecule has 0 bridgehead atoms. The molecule has 1 aromatic carbocycles. The Kier molecular flexibility index (Phi) is 6.10. The summed E-state index contributed by atoms with van der Waals surface area (Å²) in [5, 5.41) is 22.7. The smallest absolute Gasteiger partial charge is 0.135 e. The minimum Gasteiger partial charge on any atom is -0.396 e. The number of aromatic nitrogens is 3. The molecule has 0 aliphatic carbocycles. The number of nitriles is 1. The zero-order chi connectivity index (χ0) is 21.8. The molecule has 2 aromatic heterocycles.